The van der Waals surface area contributed by atoms with E-state index in [2.05, 4.69) is 4.98 Å². The van der Waals surface area contributed by atoms with E-state index in [9.17, 15) is 4.79 Å². The third-order valence-corrected chi connectivity index (χ3v) is 2.74. The summed E-state index contributed by atoms with van der Waals surface area (Å²) >= 11 is 5.81. The first-order chi connectivity index (χ1) is 8.13. The molecule has 0 aliphatic heterocycles. The lowest BCUT2D eigenvalue weighted by molar-refractivity contribution is 0.0697. The molecule has 2 aromatic rings. The van der Waals surface area contributed by atoms with Crippen LogP contribution >= 0.6 is 11.6 Å². The summed E-state index contributed by atoms with van der Waals surface area (Å²) < 4.78 is 1.88. The van der Waals surface area contributed by atoms with E-state index in [4.69, 9.17) is 16.7 Å². The molecular formula is C12H11ClN2O2. The molecule has 4 nitrogen and oxygen atoms in total. The van der Waals surface area contributed by atoms with Crippen LogP contribution in [0.15, 0.2) is 30.6 Å². The van der Waals surface area contributed by atoms with Crippen molar-refractivity contribution < 1.29 is 9.90 Å². The monoisotopic (exact) mass is 250 g/mol. The van der Waals surface area contributed by atoms with E-state index in [0.29, 0.717) is 16.4 Å². The zero-order valence-electron chi connectivity index (χ0n) is 9.22. The Bertz CT molecular complexity index is 563. The molecule has 0 aliphatic carbocycles. The Morgan fingerprint density at radius 3 is 2.94 bits per heavy atom. The average molecular weight is 251 g/mol. The van der Waals surface area contributed by atoms with Crippen LogP contribution in [-0.2, 0) is 6.54 Å². The van der Waals surface area contributed by atoms with E-state index >= 15 is 0 Å². The molecule has 2 rings (SSSR count). The van der Waals surface area contributed by atoms with Crippen LogP contribution in [0.3, 0.4) is 0 Å². The van der Waals surface area contributed by atoms with Gasteiger partial charge in [-0.3, -0.25) is 0 Å². The number of hydrogen-bond donors (Lipinski definition) is 1. The summed E-state index contributed by atoms with van der Waals surface area (Å²) in [7, 11) is 0. The van der Waals surface area contributed by atoms with Crippen LogP contribution in [0.4, 0.5) is 0 Å². The number of halogens is 1. The van der Waals surface area contributed by atoms with Crippen molar-refractivity contribution in [3.63, 3.8) is 0 Å². The Kier molecular flexibility index (Phi) is 3.15. The van der Waals surface area contributed by atoms with Crippen LogP contribution in [0.5, 0.6) is 0 Å². The molecule has 0 radical (unpaired) electrons. The van der Waals surface area contributed by atoms with Crippen molar-refractivity contribution in [2.75, 3.05) is 0 Å². The second-order valence-corrected chi connectivity index (χ2v) is 3.97. The van der Waals surface area contributed by atoms with E-state index in [1.807, 2.05) is 17.7 Å². The van der Waals surface area contributed by atoms with Crippen molar-refractivity contribution in [1.29, 1.82) is 0 Å². The SMILES string of the molecule is CCn1ccnc1-c1ccc(Cl)cc1C(=O)O. The van der Waals surface area contributed by atoms with Crippen LogP contribution in [0.1, 0.15) is 17.3 Å². The molecule has 17 heavy (non-hydrogen) atoms. The number of aromatic nitrogens is 2. The minimum atomic E-state index is -1.01. The second-order valence-electron chi connectivity index (χ2n) is 3.53. The highest BCUT2D eigenvalue weighted by Gasteiger charge is 2.15. The fourth-order valence-electron chi connectivity index (χ4n) is 1.70. The first-order valence-corrected chi connectivity index (χ1v) is 5.55. The Hall–Kier alpha value is -1.81. The van der Waals surface area contributed by atoms with E-state index in [0.717, 1.165) is 6.54 Å². The zero-order valence-corrected chi connectivity index (χ0v) is 9.98. The van der Waals surface area contributed by atoms with Gasteiger partial charge in [0.25, 0.3) is 0 Å². The van der Waals surface area contributed by atoms with Crippen LogP contribution in [0.2, 0.25) is 5.02 Å². The fourth-order valence-corrected chi connectivity index (χ4v) is 1.87. The maximum atomic E-state index is 11.2. The Morgan fingerprint density at radius 2 is 2.29 bits per heavy atom. The zero-order chi connectivity index (χ0) is 12.4. The van der Waals surface area contributed by atoms with E-state index in [-0.39, 0.29) is 5.56 Å². The summed E-state index contributed by atoms with van der Waals surface area (Å²) in [4.78, 5) is 15.4. The standard InChI is InChI=1S/C12H11ClN2O2/c1-2-15-6-5-14-11(15)9-4-3-8(13)7-10(9)12(16)17/h3-7H,2H2,1H3,(H,16,17). The lowest BCUT2D eigenvalue weighted by atomic mass is 10.1. The molecule has 0 amide bonds. The summed E-state index contributed by atoms with van der Waals surface area (Å²) in [6.45, 7) is 2.71. The van der Waals surface area contributed by atoms with Gasteiger partial charge in [0.05, 0.1) is 5.56 Å². The largest absolute Gasteiger partial charge is 0.478 e. The first-order valence-electron chi connectivity index (χ1n) is 5.18. The van der Waals surface area contributed by atoms with Gasteiger partial charge in [-0.1, -0.05) is 11.6 Å². The minimum absolute atomic E-state index is 0.165. The van der Waals surface area contributed by atoms with Gasteiger partial charge in [-0.05, 0) is 25.1 Å². The summed E-state index contributed by atoms with van der Waals surface area (Å²) in [5.74, 6) is -0.366. The molecule has 1 aromatic heterocycles. The molecule has 0 saturated heterocycles. The fraction of sp³-hybridized carbons (Fsp3) is 0.167. The quantitative estimate of drug-likeness (QED) is 0.911. The summed E-state index contributed by atoms with van der Waals surface area (Å²) in [6, 6.07) is 4.78. The number of aryl methyl sites for hydroxylation is 1. The first kappa shape index (κ1) is 11.7. The third-order valence-electron chi connectivity index (χ3n) is 2.51. The molecule has 0 atom stereocenters. The number of nitrogens with zero attached hydrogens (tertiary/aromatic N) is 2. The predicted octanol–water partition coefficient (Wildman–Crippen LogP) is 2.92. The summed E-state index contributed by atoms with van der Waals surface area (Å²) in [5.41, 5.74) is 0.743. The highest BCUT2D eigenvalue weighted by Crippen LogP contribution is 2.25. The molecule has 0 bridgehead atoms. The lowest BCUT2D eigenvalue weighted by Gasteiger charge is -2.08. The molecule has 0 aliphatic rings. The molecule has 1 aromatic carbocycles. The van der Waals surface area contributed by atoms with Gasteiger partial charge in [-0.2, -0.15) is 0 Å². The molecule has 1 N–H and O–H groups in total. The van der Waals surface area contributed by atoms with E-state index in [1.54, 1.807) is 18.3 Å². The topological polar surface area (TPSA) is 55.1 Å². The maximum absolute atomic E-state index is 11.2. The van der Waals surface area contributed by atoms with Crippen molar-refractivity contribution in [3.8, 4) is 11.4 Å². The van der Waals surface area contributed by atoms with Gasteiger partial charge < -0.3 is 9.67 Å². The molecule has 0 saturated carbocycles. The molecule has 0 unspecified atom stereocenters. The van der Waals surface area contributed by atoms with E-state index < -0.39 is 5.97 Å². The summed E-state index contributed by atoms with van der Waals surface area (Å²) in [6.07, 6.45) is 3.47. The van der Waals surface area contributed by atoms with Crippen molar-refractivity contribution in [1.82, 2.24) is 9.55 Å². The van der Waals surface area contributed by atoms with Gasteiger partial charge >= 0.3 is 5.97 Å². The number of hydrogen-bond acceptors (Lipinski definition) is 2. The number of rotatable bonds is 3. The Morgan fingerprint density at radius 1 is 1.53 bits per heavy atom. The van der Waals surface area contributed by atoms with Crippen molar-refractivity contribution in [2.24, 2.45) is 0 Å². The number of aromatic carboxylic acids is 1. The smallest absolute Gasteiger partial charge is 0.336 e. The predicted molar refractivity (Wildman–Crippen MR) is 65.3 cm³/mol. The van der Waals surface area contributed by atoms with Gasteiger partial charge in [0.15, 0.2) is 0 Å². The van der Waals surface area contributed by atoms with Gasteiger partial charge in [0, 0.05) is 29.5 Å². The Labute approximate surface area is 103 Å². The molecule has 5 heteroatoms. The van der Waals surface area contributed by atoms with Crippen molar-refractivity contribution >= 4 is 17.6 Å². The average Bonchev–Trinajstić information content (AvgIpc) is 2.76. The number of imidazole rings is 1. The number of carboxylic acids is 1. The van der Waals surface area contributed by atoms with Crippen molar-refractivity contribution in [3.05, 3.63) is 41.2 Å². The normalized spacial score (nSPS) is 10.5. The lowest BCUT2D eigenvalue weighted by Crippen LogP contribution is -2.03. The highest BCUT2D eigenvalue weighted by molar-refractivity contribution is 6.31. The molecule has 0 fully saturated rings. The molecular weight excluding hydrogens is 240 g/mol. The molecule has 1 heterocycles. The van der Waals surface area contributed by atoms with Crippen LogP contribution in [0, 0.1) is 0 Å². The van der Waals surface area contributed by atoms with E-state index in [1.165, 1.54) is 6.07 Å². The molecule has 0 spiro atoms. The van der Waals surface area contributed by atoms with Crippen LogP contribution in [0.25, 0.3) is 11.4 Å². The van der Waals surface area contributed by atoms with Gasteiger partial charge in [-0.15, -0.1) is 0 Å². The molecule has 88 valence electrons. The van der Waals surface area contributed by atoms with Gasteiger partial charge in [-0.25, -0.2) is 9.78 Å². The van der Waals surface area contributed by atoms with Crippen molar-refractivity contribution in [2.45, 2.75) is 13.5 Å². The highest BCUT2D eigenvalue weighted by atomic mass is 35.5. The summed E-state index contributed by atoms with van der Waals surface area (Å²) in [5, 5.41) is 9.56. The Balaban J connectivity index is 2.63. The number of carboxylic acid groups (broad SMARTS) is 1. The number of carbonyl (C=O) groups is 1. The van der Waals surface area contributed by atoms with Crippen LogP contribution in [-0.4, -0.2) is 20.6 Å². The maximum Gasteiger partial charge on any atom is 0.336 e. The second kappa shape index (κ2) is 4.59. The minimum Gasteiger partial charge on any atom is -0.478 e. The van der Waals surface area contributed by atoms with Crippen LogP contribution < -0.4 is 0 Å². The third kappa shape index (κ3) is 2.17. The van der Waals surface area contributed by atoms with Gasteiger partial charge in [0.2, 0.25) is 0 Å². The number of benzene rings is 1. The van der Waals surface area contributed by atoms with Gasteiger partial charge in [0.1, 0.15) is 5.82 Å².